The number of carbonyl (C=O) groups is 1. The van der Waals surface area contributed by atoms with E-state index < -0.39 is 4.92 Å². The number of anilines is 1. The van der Waals surface area contributed by atoms with Crippen LogP contribution in [0.4, 0.5) is 16.0 Å². The lowest BCUT2D eigenvalue weighted by Gasteiger charge is -2.35. The van der Waals surface area contributed by atoms with Crippen molar-refractivity contribution >= 4 is 23.6 Å². The van der Waals surface area contributed by atoms with Crippen molar-refractivity contribution in [2.75, 3.05) is 31.1 Å². The number of carbonyl (C=O) groups excluding carboxylic acids is 1. The molecule has 0 spiro atoms. The molecule has 1 aliphatic rings. The fraction of sp³-hybridized carbons (Fsp3) is 0.235. The highest BCUT2D eigenvalue weighted by Crippen LogP contribution is 2.18. The van der Waals surface area contributed by atoms with Crippen LogP contribution in [-0.4, -0.2) is 41.9 Å². The maximum Gasteiger partial charge on any atom is 0.433 e. The van der Waals surface area contributed by atoms with Crippen LogP contribution in [0.25, 0.3) is 6.08 Å². The molecule has 0 bridgehead atoms. The van der Waals surface area contributed by atoms with Crippen LogP contribution in [0.1, 0.15) is 5.76 Å². The largest absolute Gasteiger partial charge is 0.433 e. The summed E-state index contributed by atoms with van der Waals surface area (Å²) < 4.78 is 17.9. The Morgan fingerprint density at radius 1 is 1.12 bits per heavy atom. The first kappa shape index (κ1) is 16.7. The quantitative estimate of drug-likeness (QED) is 0.483. The van der Waals surface area contributed by atoms with E-state index in [2.05, 4.69) is 4.90 Å². The minimum Gasteiger partial charge on any atom is -0.401 e. The van der Waals surface area contributed by atoms with E-state index in [4.69, 9.17) is 4.42 Å². The SMILES string of the molecule is O=C(C=Cc1ccc([N+](=O)[O-])o1)N1CCN(c2ccc(F)cc2)CC1. The van der Waals surface area contributed by atoms with Gasteiger partial charge in [-0.3, -0.25) is 14.9 Å². The number of hydrogen-bond acceptors (Lipinski definition) is 5. The van der Waals surface area contributed by atoms with Crippen LogP contribution in [0.5, 0.6) is 0 Å². The summed E-state index contributed by atoms with van der Waals surface area (Å²) in [7, 11) is 0. The van der Waals surface area contributed by atoms with Crippen molar-refractivity contribution in [2.24, 2.45) is 0 Å². The summed E-state index contributed by atoms with van der Waals surface area (Å²) in [4.78, 5) is 25.9. The van der Waals surface area contributed by atoms with E-state index in [1.54, 1.807) is 17.0 Å². The van der Waals surface area contributed by atoms with Gasteiger partial charge in [-0.2, -0.15) is 0 Å². The van der Waals surface area contributed by atoms with Crippen molar-refractivity contribution in [3.05, 3.63) is 64.2 Å². The molecule has 0 aliphatic carbocycles. The van der Waals surface area contributed by atoms with Crippen LogP contribution in [0.3, 0.4) is 0 Å². The summed E-state index contributed by atoms with van der Waals surface area (Å²) in [6.45, 7) is 2.38. The van der Waals surface area contributed by atoms with Gasteiger partial charge < -0.3 is 14.2 Å². The van der Waals surface area contributed by atoms with Crippen molar-refractivity contribution in [2.45, 2.75) is 0 Å². The van der Waals surface area contributed by atoms with E-state index in [0.29, 0.717) is 26.2 Å². The summed E-state index contributed by atoms with van der Waals surface area (Å²) >= 11 is 0. The number of hydrogen-bond donors (Lipinski definition) is 0. The molecule has 2 heterocycles. The van der Waals surface area contributed by atoms with Gasteiger partial charge in [0.1, 0.15) is 16.5 Å². The Balaban J connectivity index is 1.55. The fourth-order valence-corrected chi connectivity index (χ4v) is 2.63. The molecule has 0 N–H and O–H groups in total. The summed E-state index contributed by atoms with van der Waals surface area (Å²) in [6.07, 6.45) is 2.76. The second-order valence-electron chi connectivity index (χ2n) is 5.56. The highest BCUT2D eigenvalue weighted by molar-refractivity contribution is 5.91. The molecule has 130 valence electrons. The number of benzene rings is 1. The first-order valence-electron chi connectivity index (χ1n) is 7.74. The van der Waals surface area contributed by atoms with Gasteiger partial charge in [-0.15, -0.1) is 0 Å². The highest BCUT2D eigenvalue weighted by atomic mass is 19.1. The molecule has 0 saturated carbocycles. The second kappa shape index (κ2) is 7.16. The maximum atomic E-state index is 13.0. The molecule has 3 rings (SSSR count). The van der Waals surface area contributed by atoms with Gasteiger partial charge in [-0.25, -0.2) is 4.39 Å². The van der Waals surface area contributed by atoms with Crippen LogP contribution in [0.2, 0.25) is 0 Å². The molecule has 0 atom stereocenters. The van der Waals surface area contributed by atoms with E-state index in [0.717, 1.165) is 5.69 Å². The van der Waals surface area contributed by atoms with Gasteiger partial charge in [0.05, 0.1) is 6.07 Å². The molecular weight excluding hydrogens is 329 g/mol. The number of amides is 1. The topological polar surface area (TPSA) is 79.8 Å². The maximum absolute atomic E-state index is 13.0. The lowest BCUT2D eigenvalue weighted by molar-refractivity contribution is -0.402. The van der Waals surface area contributed by atoms with Crippen LogP contribution in [0, 0.1) is 15.9 Å². The molecule has 2 aromatic rings. The minimum atomic E-state index is -0.631. The van der Waals surface area contributed by atoms with E-state index in [9.17, 15) is 19.3 Å². The number of nitro groups is 1. The Hall–Kier alpha value is -3.16. The number of rotatable bonds is 4. The third-order valence-electron chi connectivity index (χ3n) is 3.97. The Bertz CT molecular complexity index is 792. The second-order valence-corrected chi connectivity index (χ2v) is 5.56. The summed E-state index contributed by atoms with van der Waals surface area (Å²) in [5, 5.41) is 10.6. The number of piperazine rings is 1. The van der Waals surface area contributed by atoms with Gasteiger partial charge in [-0.05, 0) is 36.4 Å². The van der Waals surface area contributed by atoms with Crippen LogP contribution < -0.4 is 4.90 Å². The monoisotopic (exact) mass is 345 g/mol. The molecule has 1 aliphatic heterocycles. The van der Waals surface area contributed by atoms with Crippen molar-refractivity contribution < 1.29 is 18.5 Å². The minimum absolute atomic E-state index is 0.183. The third-order valence-corrected chi connectivity index (χ3v) is 3.97. The Morgan fingerprint density at radius 3 is 2.40 bits per heavy atom. The van der Waals surface area contributed by atoms with Gasteiger partial charge in [0.25, 0.3) is 0 Å². The molecule has 0 unspecified atom stereocenters. The smallest absolute Gasteiger partial charge is 0.401 e. The zero-order valence-corrected chi connectivity index (χ0v) is 13.3. The standard InChI is InChI=1S/C17H16FN3O4/c18-13-1-3-14(4-2-13)19-9-11-20(12-10-19)16(22)7-5-15-6-8-17(25-15)21(23)24/h1-8H,9-12H2. The third kappa shape index (κ3) is 4.03. The molecule has 1 saturated heterocycles. The molecule has 7 nitrogen and oxygen atoms in total. The molecular formula is C17H16FN3O4. The normalized spacial score (nSPS) is 14.9. The van der Waals surface area contributed by atoms with E-state index in [1.807, 2.05) is 0 Å². The Kier molecular flexibility index (Phi) is 4.78. The molecule has 8 heteroatoms. The summed E-state index contributed by atoms with van der Waals surface area (Å²) in [6, 6.07) is 8.95. The molecule has 25 heavy (non-hydrogen) atoms. The molecule has 1 amide bonds. The lowest BCUT2D eigenvalue weighted by Crippen LogP contribution is -2.48. The summed E-state index contributed by atoms with van der Waals surface area (Å²) in [5.41, 5.74) is 0.923. The molecule has 1 aromatic carbocycles. The van der Waals surface area contributed by atoms with Crippen molar-refractivity contribution in [3.63, 3.8) is 0 Å². The highest BCUT2D eigenvalue weighted by Gasteiger charge is 2.20. The first-order valence-corrected chi connectivity index (χ1v) is 7.74. The fourth-order valence-electron chi connectivity index (χ4n) is 2.63. The van der Waals surface area contributed by atoms with Gasteiger partial charge in [0.2, 0.25) is 5.91 Å². The van der Waals surface area contributed by atoms with E-state index in [-0.39, 0.29) is 23.4 Å². The van der Waals surface area contributed by atoms with E-state index >= 15 is 0 Å². The predicted molar refractivity (Wildman–Crippen MR) is 89.6 cm³/mol. The van der Waals surface area contributed by atoms with Crippen LogP contribution in [-0.2, 0) is 4.79 Å². The van der Waals surface area contributed by atoms with Gasteiger partial charge >= 0.3 is 5.88 Å². The zero-order chi connectivity index (χ0) is 17.8. The lowest BCUT2D eigenvalue weighted by atomic mass is 10.2. The van der Waals surface area contributed by atoms with E-state index in [1.165, 1.54) is 36.4 Å². The Morgan fingerprint density at radius 2 is 1.80 bits per heavy atom. The van der Waals surface area contributed by atoms with Crippen molar-refractivity contribution in [1.29, 1.82) is 0 Å². The average Bonchev–Trinajstić information content (AvgIpc) is 3.10. The van der Waals surface area contributed by atoms with Crippen molar-refractivity contribution in [3.8, 4) is 0 Å². The Labute approximate surface area is 143 Å². The van der Waals surface area contributed by atoms with Crippen LogP contribution in [0.15, 0.2) is 46.9 Å². The average molecular weight is 345 g/mol. The summed E-state index contributed by atoms with van der Waals surface area (Å²) in [5.74, 6) is -0.566. The van der Waals surface area contributed by atoms with Crippen molar-refractivity contribution in [1.82, 2.24) is 4.90 Å². The molecule has 1 fully saturated rings. The number of halogens is 1. The van der Waals surface area contributed by atoms with Crippen LogP contribution >= 0.6 is 0 Å². The van der Waals surface area contributed by atoms with Gasteiger partial charge in [0, 0.05) is 37.9 Å². The molecule has 1 aromatic heterocycles. The predicted octanol–water partition coefficient (Wildman–Crippen LogP) is 2.69. The zero-order valence-electron chi connectivity index (χ0n) is 13.3. The molecule has 0 radical (unpaired) electrons. The number of nitrogens with zero attached hydrogens (tertiary/aromatic N) is 3. The van der Waals surface area contributed by atoms with Gasteiger partial charge in [0.15, 0.2) is 0 Å². The number of furan rings is 1. The first-order chi connectivity index (χ1) is 12.0. The van der Waals surface area contributed by atoms with Gasteiger partial charge in [-0.1, -0.05) is 0 Å².